The highest BCUT2D eigenvalue weighted by Crippen LogP contribution is 2.52. The molecule has 0 saturated carbocycles. The molecule has 0 aromatic heterocycles. The van der Waals surface area contributed by atoms with E-state index < -0.39 is 30.0 Å². The third kappa shape index (κ3) is 4.91. The van der Waals surface area contributed by atoms with Gasteiger partial charge in [0, 0.05) is 34.6 Å². The fraction of sp³-hybridized carbons (Fsp3) is 0.412. The van der Waals surface area contributed by atoms with Crippen LogP contribution in [0.1, 0.15) is 55.0 Å². The first-order chi connectivity index (χ1) is 19.7. The van der Waals surface area contributed by atoms with Gasteiger partial charge in [-0.3, -0.25) is 0 Å². The van der Waals surface area contributed by atoms with E-state index in [1.165, 1.54) is 5.56 Å². The monoisotopic (exact) mass is 558 g/mol. The summed E-state index contributed by atoms with van der Waals surface area (Å²) in [5.74, 6) is 2.01. The number of fused-ring (bicyclic) bond motifs is 4. The summed E-state index contributed by atoms with van der Waals surface area (Å²) in [6.07, 6.45) is -0.693. The largest absolute Gasteiger partial charge is 0.495 e. The zero-order valence-corrected chi connectivity index (χ0v) is 24.0. The highest BCUT2D eigenvalue weighted by molar-refractivity contribution is 6.14. The molecule has 0 amide bonds. The van der Waals surface area contributed by atoms with Gasteiger partial charge in [-0.15, -0.1) is 0 Å². The summed E-state index contributed by atoms with van der Waals surface area (Å²) < 4.78 is 25.1. The van der Waals surface area contributed by atoms with E-state index in [9.17, 15) is 15.3 Å². The summed E-state index contributed by atoms with van der Waals surface area (Å²) in [6, 6.07) is 18.0. The van der Waals surface area contributed by atoms with Gasteiger partial charge in [0.2, 0.25) is 0 Å². The Bertz CT molecular complexity index is 1570. The van der Waals surface area contributed by atoms with Crippen molar-refractivity contribution in [2.45, 2.75) is 76.2 Å². The van der Waals surface area contributed by atoms with Crippen molar-refractivity contribution in [1.82, 2.24) is 0 Å². The Morgan fingerprint density at radius 1 is 0.902 bits per heavy atom. The summed E-state index contributed by atoms with van der Waals surface area (Å²) in [7, 11) is 3.35. The highest BCUT2D eigenvalue weighted by Gasteiger charge is 2.37. The second kappa shape index (κ2) is 10.8. The third-order valence-electron chi connectivity index (χ3n) is 8.72. The van der Waals surface area contributed by atoms with Crippen LogP contribution in [0.15, 0.2) is 54.6 Å². The lowest BCUT2D eigenvalue weighted by Crippen LogP contribution is -2.44. The van der Waals surface area contributed by atoms with Gasteiger partial charge in [-0.25, -0.2) is 0 Å². The van der Waals surface area contributed by atoms with Gasteiger partial charge in [-0.2, -0.15) is 0 Å². The predicted octanol–water partition coefficient (Wildman–Crippen LogP) is 5.40. The van der Waals surface area contributed by atoms with Gasteiger partial charge < -0.3 is 34.3 Å². The summed E-state index contributed by atoms with van der Waals surface area (Å²) in [6.45, 7) is 3.98. The first kappa shape index (κ1) is 27.8. The van der Waals surface area contributed by atoms with Crippen LogP contribution in [0, 0.1) is 0 Å². The molecule has 0 bridgehead atoms. The Hall–Kier alpha value is -3.36. The van der Waals surface area contributed by atoms with Crippen molar-refractivity contribution in [3.05, 3.63) is 76.9 Å². The summed E-state index contributed by atoms with van der Waals surface area (Å²) >= 11 is 0. The highest BCUT2D eigenvalue weighted by atomic mass is 16.5. The van der Waals surface area contributed by atoms with E-state index in [0.29, 0.717) is 30.9 Å². The first-order valence-corrected chi connectivity index (χ1v) is 14.3. The molecule has 0 radical (unpaired) electrons. The van der Waals surface area contributed by atoms with Crippen molar-refractivity contribution >= 4 is 21.5 Å². The van der Waals surface area contributed by atoms with Gasteiger partial charge >= 0.3 is 0 Å². The molecule has 1 aliphatic heterocycles. The van der Waals surface area contributed by atoms with Crippen LogP contribution in [-0.2, 0) is 24.2 Å². The number of aliphatic hydroxyl groups is 3. The van der Waals surface area contributed by atoms with Gasteiger partial charge in [0.25, 0.3) is 0 Å². The SMILES string of the molecule is COc1c2ccc([C@H]3C[C@@H](O)[C@H](O)[C@@H](C)O3)c(OCc3ccccc3)c2c(OC)c2ccc3c(c12)CCC(C)(O)C3. The van der Waals surface area contributed by atoms with Crippen molar-refractivity contribution < 1.29 is 34.3 Å². The maximum absolute atomic E-state index is 10.8. The molecule has 1 fully saturated rings. The van der Waals surface area contributed by atoms with Crippen molar-refractivity contribution in [2.24, 2.45) is 0 Å². The van der Waals surface area contributed by atoms with E-state index >= 15 is 0 Å². The molecule has 4 aromatic carbocycles. The standard InChI is InChI=1S/C34H38O7/c1-19-30(36)26(35)16-27(41-19)23-12-13-25-29(33(23)40-18-20-8-6-5-7-9-20)32(39-4)24-11-10-21-17-34(2,37)15-14-22(21)28(24)31(25)38-3/h5-13,19,26-27,30,35-37H,14-18H2,1-4H3/t19-,26-,27-,30-,34?/m1/s1. The van der Waals surface area contributed by atoms with Gasteiger partial charge in [0.1, 0.15) is 30.0 Å². The minimum absolute atomic E-state index is 0.235. The maximum Gasteiger partial charge on any atom is 0.138 e. The maximum atomic E-state index is 10.8. The van der Waals surface area contributed by atoms with E-state index in [-0.39, 0.29) is 6.42 Å². The molecule has 216 valence electrons. The third-order valence-corrected chi connectivity index (χ3v) is 8.72. The molecule has 7 nitrogen and oxygen atoms in total. The topological polar surface area (TPSA) is 97.6 Å². The predicted molar refractivity (Wildman–Crippen MR) is 158 cm³/mol. The fourth-order valence-electron chi connectivity index (χ4n) is 6.60. The number of ether oxygens (including phenoxy) is 4. The Labute approximate surface area is 240 Å². The van der Waals surface area contributed by atoms with Gasteiger partial charge in [-0.1, -0.05) is 48.5 Å². The molecular formula is C34H38O7. The molecule has 6 rings (SSSR count). The van der Waals surface area contributed by atoms with Gasteiger partial charge in [0.05, 0.1) is 43.5 Å². The van der Waals surface area contributed by atoms with Crippen LogP contribution in [0.4, 0.5) is 0 Å². The van der Waals surface area contributed by atoms with Crippen molar-refractivity contribution in [1.29, 1.82) is 0 Å². The molecule has 1 heterocycles. The average molecular weight is 559 g/mol. The minimum atomic E-state index is -0.953. The van der Waals surface area contributed by atoms with Gasteiger partial charge in [0.15, 0.2) is 0 Å². The van der Waals surface area contributed by atoms with Crippen LogP contribution in [-0.4, -0.2) is 53.5 Å². The fourth-order valence-corrected chi connectivity index (χ4v) is 6.60. The molecule has 7 heteroatoms. The molecule has 41 heavy (non-hydrogen) atoms. The van der Waals surface area contributed by atoms with Crippen molar-refractivity contribution in [3.63, 3.8) is 0 Å². The number of hydrogen-bond acceptors (Lipinski definition) is 7. The lowest BCUT2D eigenvalue weighted by atomic mass is 9.79. The number of benzene rings is 4. The molecule has 1 aliphatic carbocycles. The van der Waals surface area contributed by atoms with Crippen molar-refractivity contribution in [3.8, 4) is 17.2 Å². The molecule has 2 aliphatic rings. The summed E-state index contributed by atoms with van der Waals surface area (Å²) in [5.41, 5.74) is 3.33. The number of aryl methyl sites for hydroxylation is 1. The number of aliphatic hydroxyl groups excluding tert-OH is 2. The van der Waals surface area contributed by atoms with E-state index in [2.05, 4.69) is 6.07 Å². The van der Waals surface area contributed by atoms with Crippen LogP contribution in [0.25, 0.3) is 21.5 Å². The van der Waals surface area contributed by atoms with E-state index in [1.807, 2.05) is 55.5 Å². The summed E-state index contributed by atoms with van der Waals surface area (Å²) in [4.78, 5) is 0. The zero-order valence-electron chi connectivity index (χ0n) is 24.0. The Morgan fingerprint density at radius 3 is 2.29 bits per heavy atom. The lowest BCUT2D eigenvalue weighted by molar-refractivity contribution is -0.163. The second-order valence-corrected chi connectivity index (χ2v) is 11.7. The summed E-state index contributed by atoms with van der Waals surface area (Å²) in [5, 5.41) is 35.3. The van der Waals surface area contributed by atoms with E-state index in [1.54, 1.807) is 21.1 Å². The van der Waals surface area contributed by atoms with Crippen LogP contribution in [0.5, 0.6) is 17.2 Å². The average Bonchev–Trinajstić information content (AvgIpc) is 2.96. The number of rotatable bonds is 6. The molecule has 0 spiro atoms. The molecule has 4 aromatic rings. The molecule has 1 unspecified atom stereocenters. The second-order valence-electron chi connectivity index (χ2n) is 11.7. The Morgan fingerprint density at radius 2 is 1.59 bits per heavy atom. The van der Waals surface area contributed by atoms with Crippen molar-refractivity contribution in [2.75, 3.05) is 14.2 Å². The Kier molecular flexibility index (Phi) is 7.32. The minimum Gasteiger partial charge on any atom is -0.495 e. The van der Waals surface area contributed by atoms with Crippen LogP contribution in [0.3, 0.4) is 0 Å². The van der Waals surface area contributed by atoms with Gasteiger partial charge in [-0.05, 0) is 49.4 Å². The normalized spacial score (nSPS) is 26.1. The molecule has 1 saturated heterocycles. The van der Waals surface area contributed by atoms with Crippen LogP contribution >= 0.6 is 0 Å². The smallest absolute Gasteiger partial charge is 0.138 e. The van der Waals surface area contributed by atoms with E-state index in [0.717, 1.165) is 50.4 Å². The Balaban J connectivity index is 1.61. The number of hydrogen-bond donors (Lipinski definition) is 3. The quantitative estimate of drug-likeness (QED) is 0.273. The lowest BCUT2D eigenvalue weighted by Gasteiger charge is -2.36. The van der Waals surface area contributed by atoms with E-state index in [4.69, 9.17) is 18.9 Å². The molecule has 3 N–H and O–H groups in total. The molecular weight excluding hydrogens is 520 g/mol. The van der Waals surface area contributed by atoms with Crippen LogP contribution < -0.4 is 14.2 Å². The first-order valence-electron chi connectivity index (χ1n) is 14.3. The number of methoxy groups -OCH3 is 2. The zero-order chi connectivity index (χ0) is 28.9. The molecule has 5 atom stereocenters. The van der Waals surface area contributed by atoms with Crippen LogP contribution in [0.2, 0.25) is 0 Å².